The van der Waals surface area contributed by atoms with Crippen LogP contribution in [0, 0.1) is 12.7 Å². The van der Waals surface area contributed by atoms with Crippen LogP contribution in [0.15, 0.2) is 53.6 Å². The van der Waals surface area contributed by atoms with E-state index in [0.717, 1.165) is 16.0 Å². The molecular weight excluding hydrogens is 406 g/mol. The minimum atomic E-state index is -0.320. The Hall–Kier alpha value is -2.21. The van der Waals surface area contributed by atoms with Crippen LogP contribution in [0.2, 0.25) is 10.0 Å². The van der Waals surface area contributed by atoms with Crippen molar-refractivity contribution < 1.29 is 4.39 Å². The average molecular weight is 419 g/mol. The van der Waals surface area contributed by atoms with E-state index >= 15 is 0 Å². The number of benzene rings is 2. The van der Waals surface area contributed by atoms with Crippen molar-refractivity contribution in [2.24, 2.45) is 0 Å². The van der Waals surface area contributed by atoms with E-state index in [0.29, 0.717) is 25.8 Å². The monoisotopic (exact) mass is 418 g/mol. The van der Waals surface area contributed by atoms with Gasteiger partial charge in [-0.3, -0.25) is 9.36 Å². The smallest absolute Gasteiger partial charge is 0.263 e. The Morgan fingerprint density at radius 1 is 1.11 bits per heavy atom. The molecule has 2 aromatic heterocycles. The first-order valence-corrected chi connectivity index (χ1v) is 9.70. The van der Waals surface area contributed by atoms with E-state index < -0.39 is 0 Å². The zero-order chi connectivity index (χ0) is 19.1. The molecule has 2 heterocycles. The van der Waals surface area contributed by atoms with Crippen LogP contribution in [0.5, 0.6) is 0 Å². The van der Waals surface area contributed by atoms with Crippen LogP contribution >= 0.6 is 34.5 Å². The summed E-state index contributed by atoms with van der Waals surface area (Å²) in [5.74, 6) is -0.320. The number of aryl methyl sites for hydroxylation is 1. The highest BCUT2D eigenvalue weighted by molar-refractivity contribution is 7.19. The predicted molar refractivity (Wildman–Crippen MR) is 110 cm³/mol. The molecule has 0 saturated carbocycles. The van der Waals surface area contributed by atoms with Gasteiger partial charge in [-0.1, -0.05) is 41.4 Å². The Balaban J connectivity index is 1.90. The highest BCUT2D eigenvalue weighted by atomic mass is 35.5. The number of fused-ring (bicyclic) bond motifs is 1. The molecule has 4 aromatic rings. The zero-order valence-corrected chi connectivity index (χ0v) is 16.5. The molecule has 0 N–H and O–H groups in total. The standard InChI is InChI=1S/C20H13Cl2FN2OS/c1-11-17(12-5-7-13(23)8-6-12)18-19(27-11)24-10-25(20(18)26)9-14-15(21)3-2-4-16(14)22/h2-8,10H,9H2,1H3. The van der Waals surface area contributed by atoms with Gasteiger partial charge in [0, 0.05) is 26.0 Å². The van der Waals surface area contributed by atoms with Crippen molar-refractivity contribution in [2.45, 2.75) is 13.5 Å². The van der Waals surface area contributed by atoms with E-state index in [-0.39, 0.29) is 17.9 Å². The minimum Gasteiger partial charge on any atom is -0.294 e. The number of nitrogens with zero attached hydrogens (tertiary/aromatic N) is 2. The quantitative estimate of drug-likeness (QED) is 0.413. The van der Waals surface area contributed by atoms with Crippen molar-refractivity contribution in [3.63, 3.8) is 0 Å². The van der Waals surface area contributed by atoms with Crippen LogP contribution in [-0.4, -0.2) is 9.55 Å². The van der Waals surface area contributed by atoms with Gasteiger partial charge in [-0.05, 0) is 36.8 Å². The van der Waals surface area contributed by atoms with Crippen LogP contribution in [0.4, 0.5) is 4.39 Å². The van der Waals surface area contributed by atoms with E-state index in [1.807, 2.05) is 6.92 Å². The molecule has 0 aliphatic heterocycles. The summed E-state index contributed by atoms with van der Waals surface area (Å²) in [7, 11) is 0. The molecule has 0 atom stereocenters. The first kappa shape index (κ1) is 18.2. The van der Waals surface area contributed by atoms with Crippen LogP contribution in [0.1, 0.15) is 10.4 Å². The van der Waals surface area contributed by atoms with E-state index in [4.69, 9.17) is 23.2 Å². The van der Waals surface area contributed by atoms with Crippen LogP contribution in [0.25, 0.3) is 21.3 Å². The molecule has 136 valence electrons. The lowest BCUT2D eigenvalue weighted by molar-refractivity contribution is 0.628. The number of hydrogen-bond donors (Lipinski definition) is 0. The average Bonchev–Trinajstić information content (AvgIpc) is 2.98. The van der Waals surface area contributed by atoms with Gasteiger partial charge in [0.05, 0.1) is 18.3 Å². The van der Waals surface area contributed by atoms with Gasteiger partial charge >= 0.3 is 0 Å². The highest BCUT2D eigenvalue weighted by Gasteiger charge is 2.18. The minimum absolute atomic E-state index is 0.181. The summed E-state index contributed by atoms with van der Waals surface area (Å²) in [4.78, 5) is 19.2. The Bertz CT molecular complexity index is 1200. The van der Waals surface area contributed by atoms with Gasteiger partial charge in [-0.25, -0.2) is 9.37 Å². The van der Waals surface area contributed by atoms with Crippen molar-refractivity contribution in [1.82, 2.24) is 9.55 Å². The maximum atomic E-state index is 13.3. The van der Waals surface area contributed by atoms with Crippen LogP contribution in [-0.2, 0) is 6.54 Å². The third-order valence-electron chi connectivity index (χ3n) is 4.38. The van der Waals surface area contributed by atoms with Crippen molar-refractivity contribution in [1.29, 1.82) is 0 Å². The lowest BCUT2D eigenvalue weighted by atomic mass is 10.0. The van der Waals surface area contributed by atoms with Crippen molar-refractivity contribution in [3.8, 4) is 11.1 Å². The third-order valence-corrected chi connectivity index (χ3v) is 6.10. The number of thiophene rings is 1. The lowest BCUT2D eigenvalue weighted by Crippen LogP contribution is -2.21. The van der Waals surface area contributed by atoms with Crippen LogP contribution < -0.4 is 5.56 Å². The Labute approximate surface area is 168 Å². The second-order valence-corrected chi connectivity index (χ2v) is 8.12. The summed E-state index contributed by atoms with van der Waals surface area (Å²) < 4.78 is 14.8. The SMILES string of the molecule is Cc1sc2ncn(Cc3c(Cl)cccc3Cl)c(=O)c2c1-c1ccc(F)cc1. The molecule has 3 nitrogen and oxygen atoms in total. The number of halogens is 3. The molecule has 0 fully saturated rings. The lowest BCUT2D eigenvalue weighted by Gasteiger charge is -2.10. The summed E-state index contributed by atoms with van der Waals surface area (Å²) in [6.45, 7) is 2.15. The van der Waals surface area contributed by atoms with Crippen molar-refractivity contribution in [3.05, 3.63) is 85.4 Å². The van der Waals surface area contributed by atoms with Crippen LogP contribution in [0.3, 0.4) is 0 Å². The van der Waals surface area contributed by atoms with E-state index in [1.54, 1.807) is 30.3 Å². The first-order valence-electron chi connectivity index (χ1n) is 8.13. The summed E-state index contributed by atoms with van der Waals surface area (Å²) in [6.07, 6.45) is 1.51. The fourth-order valence-electron chi connectivity index (χ4n) is 3.07. The van der Waals surface area contributed by atoms with E-state index in [1.165, 1.54) is 34.4 Å². The number of hydrogen-bond acceptors (Lipinski definition) is 3. The first-order chi connectivity index (χ1) is 13.0. The summed E-state index contributed by atoms with van der Waals surface area (Å²) in [5.41, 5.74) is 2.05. The topological polar surface area (TPSA) is 34.9 Å². The van der Waals surface area contributed by atoms with Gasteiger partial charge in [0.25, 0.3) is 5.56 Å². The molecule has 4 rings (SSSR count). The molecule has 0 amide bonds. The molecule has 0 unspecified atom stereocenters. The maximum absolute atomic E-state index is 13.3. The number of rotatable bonds is 3. The molecule has 0 spiro atoms. The third kappa shape index (κ3) is 3.27. The van der Waals surface area contributed by atoms with Gasteiger partial charge < -0.3 is 0 Å². The Morgan fingerprint density at radius 2 is 1.78 bits per heavy atom. The summed E-state index contributed by atoms with van der Waals surface area (Å²) in [6, 6.07) is 11.3. The Morgan fingerprint density at radius 3 is 2.44 bits per heavy atom. The fraction of sp³-hybridized carbons (Fsp3) is 0.100. The second kappa shape index (κ2) is 7.08. The van der Waals surface area contributed by atoms with Gasteiger partial charge in [-0.15, -0.1) is 11.3 Å². The number of aromatic nitrogens is 2. The molecule has 0 bridgehead atoms. The Kier molecular flexibility index (Phi) is 4.76. The molecule has 0 aliphatic carbocycles. The molecule has 0 aliphatic rings. The predicted octanol–water partition coefficient (Wildman–Crippen LogP) is 5.93. The van der Waals surface area contributed by atoms with E-state index in [2.05, 4.69) is 4.98 Å². The maximum Gasteiger partial charge on any atom is 0.263 e. The summed E-state index contributed by atoms with van der Waals surface area (Å²) in [5, 5.41) is 1.51. The highest BCUT2D eigenvalue weighted by Crippen LogP contribution is 2.35. The summed E-state index contributed by atoms with van der Waals surface area (Å²) >= 11 is 13.9. The van der Waals surface area contributed by atoms with Gasteiger partial charge in [0.1, 0.15) is 10.6 Å². The fourth-order valence-corrected chi connectivity index (χ4v) is 4.59. The zero-order valence-electron chi connectivity index (χ0n) is 14.2. The largest absolute Gasteiger partial charge is 0.294 e. The van der Waals surface area contributed by atoms with Gasteiger partial charge in [0.2, 0.25) is 0 Å². The van der Waals surface area contributed by atoms with E-state index in [9.17, 15) is 9.18 Å². The van der Waals surface area contributed by atoms with Crippen molar-refractivity contribution >= 4 is 44.8 Å². The van der Waals surface area contributed by atoms with Gasteiger partial charge in [0.15, 0.2) is 0 Å². The molecule has 7 heteroatoms. The molecule has 2 aromatic carbocycles. The molecule has 0 radical (unpaired) electrons. The second-order valence-electron chi connectivity index (χ2n) is 6.10. The molecule has 27 heavy (non-hydrogen) atoms. The molecular formula is C20H13Cl2FN2OS. The van der Waals surface area contributed by atoms with Crippen molar-refractivity contribution in [2.75, 3.05) is 0 Å². The normalized spacial score (nSPS) is 11.3. The van der Waals surface area contributed by atoms with Gasteiger partial charge in [-0.2, -0.15) is 0 Å². The molecule has 0 saturated heterocycles.